The van der Waals surface area contributed by atoms with Crippen molar-refractivity contribution in [1.82, 2.24) is 15.5 Å². The normalized spacial score (nSPS) is 23.6. The van der Waals surface area contributed by atoms with Crippen molar-refractivity contribution in [1.29, 1.82) is 0 Å². The van der Waals surface area contributed by atoms with Crippen LogP contribution in [0.1, 0.15) is 39.5 Å². The fourth-order valence-corrected chi connectivity index (χ4v) is 3.56. The Morgan fingerprint density at radius 1 is 1.27 bits per heavy atom. The highest BCUT2D eigenvalue weighted by molar-refractivity contribution is 5.85. The van der Waals surface area contributed by atoms with Crippen molar-refractivity contribution in [3.8, 4) is 0 Å². The van der Waals surface area contributed by atoms with E-state index in [0.717, 1.165) is 32.5 Å². The molecule has 0 aromatic heterocycles. The molecule has 0 aromatic carbocycles. The molecule has 1 aliphatic carbocycles. The Labute approximate surface area is 148 Å². The zero-order chi connectivity index (χ0) is 14.8. The van der Waals surface area contributed by atoms with E-state index in [1.807, 2.05) is 0 Å². The monoisotopic (exact) mass is 353 g/mol. The minimum atomic E-state index is 0. The molecular weight excluding hydrogens is 321 g/mol. The summed E-state index contributed by atoms with van der Waals surface area (Å²) in [4.78, 5) is 14.6. The van der Waals surface area contributed by atoms with Crippen molar-refractivity contribution in [2.45, 2.75) is 45.6 Å². The molecule has 1 amide bonds. The summed E-state index contributed by atoms with van der Waals surface area (Å²) in [7, 11) is 4.20. The van der Waals surface area contributed by atoms with E-state index in [0.29, 0.717) is 23.3 Å². The van der Waals surface area contributed by atoms with E-state index in [4.69, 9.17) is 0 Å². The highest BCUT2D eigenvalue weighted by Gasteiger charge is 2.57. The van der Waals surface area contributed by atoms with Gasteiger partial charge in [-0.25, -0.2) is 0 Å². The Morgan fingerprint density at radius 3 is 2.36 bits per heavy atom. The summed E-state index contributed by atoms with van der Waals surface area (Å²) in [6.07, 6.45) is 4.59. The van der Waals surface area contributed by atoms with Crippen LogP contribution < -0.4 is 10.6 Å². The van der Waals surface area contributed by atoms with E-state index in [1.54, 1.807) is 0 Å². The van der Waals surface area contributed by atoms with Crippen molar-refractivity contribution >= 4 is 30.7 Å². The van der Waals surface area contributed by atoms with Gasteiger partial charge < -0.3 is 15.5 Å². The number of nitrogens with one attached hydrogen (secondary N) is 2. The fraction of sp³-hybridized carbons (Fsp3) is 0.938. The predicted molar refractivity (Wildman–Crippen MR) is 97.1 cm³/mol. The van der Waals surface area contributed by atoms with Gasteiger partial charge in [-0.05, 0) is 64.2 Å². The molecule has 1 heterocycles. The standard InChI is InChI=1S/C16H31N3O.2ClH/c1-12(2)9-13(19(3)4)11-18-15(20)14-10-16(14)5-7-17-8-6-16;;/h12-14,17H,5-11H2,1-4H3,(H,18,20);2*1H. The Morgan fingerprint density at radius 2 is 1.86 bits per heavy atom. The first-order chi connectivity index (χ1) is 9.44. The number of hydrogen-bond donors (Lipinski definition) is 2. The lowest BCUT2D eigenvalue weighted by Gasteiger charge is -2.27. The second kappa shape index (κ2) is 9.31. The van der Waals surface area contributed by atoms with E-state index < -0.39 is 0 Å². The van der Waals surface area contributed by atoms with Gasteiger partial charge in [0.15, 0.2) is 0 Å². The topological polar surface area (TPSA) is 44.4 Å². The van der Waals surface area contributed by atoms with Crippen LogP contribution in [0.15, 0.2) is 0 Å². The summed E-state index contributed by atoms with van der Waals surface area (Å²) in [5, 5.41) is 6.59. The lowest BCUT2D eigenvalue weighted by molar-refractivity contribution is -0.123. The average molecular weight is 354 g/mol. The smallest absolute Gasteiger partial charge is 0.223 e. The lowest BCUT2D eigenvalue weighted by Crippen LogP contribution is -2.42. The number of rotatable bonds is 6. The third-order valence-electron chi connectivity index (χ3n) is 5.09. The van der Waals surface area contributed by atoms with E-state index in [9.17, 15) is 4.79 Å². The van der Waals surface area contributed by atoms with Gasteiger partial charge in [-0.15, -0.1) is 24.8 Å². The summed E-state index contributed by atoms with van der Waals surface area (Å²) in [6.45, 7) is 7.43. The molecule has 1 saturated carbocycles. The Balaban J connectivity index is 0.00000220. The summed E-state index contributed by atoms with van der Waals surface area (Å²) in [5.41, 5.74) is 0.348. The van der Waals surface area contributed by atoms with Crippen molar-refractivity contribution in [3.63, 3.8) is 0 Å². The highest BCUT2D eigenvalue weighted by atomic mass is 35.5. The maximum atomic E-state index is 12.3. The SMILES string of the molecule is CC(C)CC(CNC(=O)C1CC12CCNCC2)N(C)C.Cl.Cl. The van der Waals surface area contributed by atoms with Crippen LogP contribution in [0.5, 0.6) is 0 Å². The molecule has 132 valence electrons. The minimum Gasteiger partial charge on any atom is -0.354 e. The van der Waals surface area contributed by atoms with Crippen molar-refractivity contribution in [2.75, 3.05) is 33.7 Å². The predicted octanol–water partition coefficient (Wildman–Crippen LogP) is 2.31. The van der Waals surface area contributed by atoms with Gasteiger partial charge in [0.1, 0.15) is 0 Å². The van der Waals surface area contributed by atoms with Crippen LogP contribution in [0.25, 0.3) is 0 Å². The molecule has 1 spiro atoms. The van der Waals surface area contributed by atoms with Crippen molar-refractivity contribution in [2.24, 2.45) is 17.3 Å². The summed E-state index contributed by atoms with van der Waals surface area (Å²) < 4.78 is 0. The third kappa shape index (κ3) is 5.55. The molecule has 4 nitrogen and oxygen atoms in total. The van der Waals surface area contributed by atoms with Gasteiger partial charge in [-0.1, -0.05) is 13.8 Å². The summed E-state index contributed by atoms with van der Waals surface area (Å²) >= 11 is 0. The maximum Gasteiger partial charge on any atom is 0.223 e. The van der Waals surface area contributed by atoms with E-state index in [-0.39, 0.29) is 30.7 Å². The molecule has 2 rings (SSSR count). The number of carbonyl (C=O) groups is 1. The zero-order valence-electron chi connectivity index (χ0n) is 14.4. The van der Waals surface area contributed by atoms with Gasteiger partial charge in [0.25, 0.3) is 0 Å². The first-order valence-corrected chi connectivity index (χ1v) is 8.09. The molecular formula is C16H33Cl2N3O. The van der Waals surface area contributed by atoms with Crippen LogP contribution in [-0.4, -0.2) is 50.6 Å². The quantitative estimate of drug-likeness (QED) is 0.769. The van der Waals surface area contributed by atoms with Crippen molar-refractivity contribution < 1.29 is 4.79 Å². The number of nitrogens with zero attached hydrogens (tertiary/aromatic N) is 1. The van der Waals surface area contributed by atoms with E-state index in [1.165, 1.54) is 12.8 Å². The summed E-state index contributed by atoms with van der Waals surface area (Å²) in [5.74, 6) is 1.24. The molecule has 2 aliphatic rings. The second-order valence-electron chi connectivity index (χ2n) is 7.36. The van der Waals surface area contributed by atoms with Crippen LogP contribution in [0, 0.1) is 17.3 Å². The largest absolute Gasteiger partial charge is 0.354 e. The molecule has 2 unspecified atom stereocenters. The molecule has 2 atom stereocenters. The van der Waals surface area contributed by atoms with E-state index in [2.05, 4.69) is 43.5 Å². The van der Waals surface area contributed by atoms with Gasteiger partial charge in [-0.2, -0.15) is 0 Å². The van der Waals surface area contributed by atoms with Crippen LogP contribution in [0.2, 0.25) is 0 Å². The maximum absolute atomic E-state index is 12.3. The molecule has 22 heavy (non-hydrogen) atoms. The third-order valence-corrected chi connectivity index (χ3v) is 5.09. The molecule has 6 heteroatoms. The van der Waals surface area contributed by atoms with Crippen LogP contribution in [0.4, 0.5) is 0 Å². The fourth-order valence-electron chi connectivity index (χ4n) is 3.56. The number of amides is 1. The number of carbonyl (C=O) groups excluding carboxylic acids is 1. The average Bonchev–Trinajstić information content (AvgIpc) is 3.08. The number of hydrogen-bond acceptors (Lipinski definition) is 3. The molecule has 1 saturated heterocycles. The van der Waals surface area contributed by atoms with Gasteiger partial charge in [0, 0.05) is 18.5 Å². The molecule has 0 radical (unpaired) electrons. The number of halogens is 2. The van der Waals surface area contributed by atoms with E-state index >= 15 is 0 Å². The lowest BCUT2D eigenvalue weighted by atomic mass is 9.91. The second-order valence-corrected chi connectivity index (χ2v) is 7.36. The molecule has 0 aromatic rings. The first kappa shape index (κ1) is 22.0. The highest BCUT2D eigenvalue weighted by Crippen LogP contribution is 2.58. The van der Waals surface area contributed by atoms with Crippen molar-refractivity contribution in [3.05, 3.63) is 0 Å². The summed E-state index contributed by atoms with van der Waals surface area (Å²) in [6, 6.07) is 0.446. The Hall–Kier alpha value is -0.0300. The molecule has 2 fully saturated rings. The van der Waals surface area contributed by atoms with Gasteiger partial charge in [0.05, 0.1) is 0 Å². The van der Waals surface area contributed by atoms with Gasteiger partial charge in [-0.3, -0.25) is 4.79 Å². The number of likely N-dealkylation sites (N-methyl/N-ethyl adjacent to an activating group) is 1. The zero-order valence-corrected chi connectivity index (χ0v) is 16.0. The van der Waals surface area contributed by atoms with Gasteiger partial charge >= 0.3 is 0 Å². The Kier molecular flexibility index (Phi) is 9.30. The first-order valence-electron chi connectivity index (χ1n) is 8.09. The molecule has 0 bridgehead atoms. The number of piperidine rings is 1. The van der Waals surface area contributed by atoms with Gasteiger partial charge in [0.2, 0.25) is 5.91 Å². The molecule has 1 aliphatic heterocycles. The van der Waals surface area contributed by atoms with Crippen LogP contribution >= 0.6 is 24.8 Å². The van der Waals surface area contributed by atoms with Crippen LogP contribution in [0.3, 0.4) is 0 Å². The molecule has 2 N–H and O–H groups in total. The van der Waals surface area contributed by atoms with Crippen LogP contribution in [-0.2, 0) is 4.79 Å². The minimum absolute atomic E-state index is 0. The Bertz CT molecular complexity index is 344.